The Labute approximate surface area is 97.9 Å². The van der Waals surface area contributed by atoms with Crippen LogP contribution in [0.2, 0.25) is 0 Å². The van der Waals surface area contributed by atoms with E-state index in [0.717, 1.165) is 21.7 Å². The minimum atomic E-state index is -0.421. The van der Waals surface area contributed by atoms with E-state index in [9.17, 15) is 4.79 Å². The number of benzene rings is 1. The van der Waals surface area contributed by atoms with Gasteiger partial charge in [-0.05, 0) is 25.0 Å². The number of carbonyl (C=O) groups is 1. The highest BCUT2D eigenvalue weighted by atomic mass is 32.1. The van der Waals surface area contributed by atoms with Crippen molar-refractivity contribution in [3.05, 3.63) is 40.4 Å². The Kier molecular flexibility index (Phi) is 2.75. The highest BCUT2D eigenvalue weighted by Crippen LogP contribution is 2.30. The first-order valence-electron chi connectivity index (χ1n) is 4.92. The summed E-state index contributed by atoms with van der Waals surface area (Å²) in [4.78, 5) is 15.8. The van der Waals surface area contributed by atoms with E-state index in [1.165, 1.54) is 17.5 Å². The average Bonchev–Trinajstić information content (AvgIpc) is 2.66. The third kappa shape index (κ3) is 1.84. The van der Waals surface area contributed by atoms with Crippen LogP contribution in [0.15, 0.2) is 24.4 Å². The molecule has 0 aliphatic rings. The largest absolute Gasteiger partial charge is 0.365 e. The molecule has 2 rings (SSSR count). The number of carbonyl (C=O) groups excluding carboxylic acids is 1. The van der Waals surface area contributed by atoms with Gasteiger partial charge in [0.15, 0.2) is 0 Å². The lowest BCUT2D eigenvalue weighted by atomic mass is 10.0. The number of hydrogen-bond donors (Lipinski definition) is 1. The van der Waals surface area contributed by atoms with Gasteiger partial charge in [0.2, 0.25) is 0 Å². The van der Waals surface area contributed by atoms with E-state index in [2.05, 4.69) is 4.98 Å². The topological polar surface area (TPSA) is 56.0 Å². The zero-order chi connectivity index (χ0) is 11.7. The third-order valence-corrected chi connectivity index (χ3v) is 3.47. The minimum Gasteiger partial charge on any atom is -0.365 e. The maximum Gasteiger partial charge on any atom is 0.260 e. The van der Waals surface area contributed by atoms with Crippen LogP contribution < -0.4 is 5.73 Å². The molecule has 0 unspecified atom stereocenters. The number of hydrogen-bond acceptors (Lipinski definition) is 3. The van der Waals surface area contributed by atoms with E-state index in [-0.39, 0.29) is 0 Å². The van der Waals surface area contributed by atoms with Crippen molar-refractivity contribution in [1.29, 1.82) is 0 Å². The summed E-state index contributed by atoms with van der Waals surface area (Å²) in [6, 6.07) is 6.08. The molecule has 0 fully saturated rings. The quantitative estimate of drug-likeness (QED) is 0.865. The van der Waals surface area contributed by atoms with Crippen LogP contribution in [0.5, 0.6) is 0 Å². The second kappa shape index (κ2) is 4.06. The summed E-state index contributed by atoms with van der Waals surface area (Å²) in [7, 11) is 0. The summed E-state index contributed by atoms with van der Waals surface area (Å²) in [6.07, 6.45) is 1.54. The van der Waals surface area contributed by atoms with Gasteiger partial charge in [-0.3, -0.25) is 4.79 Å². The number of amides is 1. The van der Waals surface area contributed by atoms with Crippen LogP contribution in [0, 0.1) is 13.8 Å². The highest BCUT2D eigenvalue weighted by molar-refractivity contribution is 7.16. The maximum absolute atomic E-state index is 11.0. The molecule has 16 heavy (non-hydrogen) atoms. The Morgan fingerprint density at radius 1 is 1.31 bits per heavy atom. The van der Waals surface area contributed by atoms with Crippen molar-refractivity contribution in [2.45, 2.75) is 13.8 Å². The maximum atomic E-state index is 11.0. The molecule has 1 aromatic carbocycles. The Hall–Kier alpha value is -1.68. The van der Waals surface area contributed by atoms with Gasteiger partial charge in [0, 0.05) is 5.56 Å². The van der Waals surface area contributed by atoms with Crippen LogP contribution >= 0.6 is 11.3 Å². The molecule has 0 aliphatic heterocycles. The number of thiazole rings is 1. The molecule has 0 bridgehead atoms. The molecule has 0 aliphatic carbocycles. The van der Waals surface area contributed by atoms with Gasteiger partial charge in [0.1, 0.15) is 9.88 Å². The molecule has 0 radical (unpaired) electrons. The minimum absolute atomic E-state index is 0.421. The molecule has 1 heterocycles. The third-order valence-electron chi connectivity index (χ3n) is 2.44. The lowest BCUT2D eigenvalue weighted by Crippen LogP contribution is -2.08. The molecular formula is C12H12N2OS. The SMILES string of the molecule is Cc1cccc(C)c1-c1ncc(C(N)=O)s1. The molecular weight excluding hydrogens is 220 g/mol. The smallest absolute Gasteiger partial charge is 0.260 e. The highest BCUT2D eigenvalue weighted by Gasteiger charge is 2.11. The van der Waals surface area contributed by atoms with Gasteiger partial charge >= 0.3 is 0 Å². The van der Waals surface area contributed by atoms with Crippen LogP contribution in [0.3, 0.4) is 0 Å². The standard InChI is InChI=1S/C12H12N2OS/c1-7-4-3-5-8(2)10(7)12-14-6-9(16-12)11(13)15/h3-6H,1-2H3,(H2,13,15). The molecule has 0 atom stereocenters. The fourth-order valence-electron chi connectivity index (χ4n) is 1.66. The van der Waals surface area contributed by atoms with Crippen molar-refractivity contribution >= 4 is 17.2 Å². The van der Waals surface area contributed by atoms with E-state index in [1.54, 1.807) is 0 Å². The molecule has 2 N–H and O–H groups in total. The first-order valence-corrected chi connectivity index (χ1v) is 5.73. The number of nitrogens with zero attached hydrogens (tertiary/aromatic N) is 1. The van der Waals surface area contributed by atoms with E-state index >= 15 is 0 Å². The van der Waals surface area contributed by atoms with Gasteiger partial charge in [-0.2, -0.15) is 0 Å². The predicted octanol–water partition coefficient (Wildman–Crippen LogP) is 2.53. The molecule has 82 valence electrons. The van der Waals surface area contributed by atoms with Crippen molar-refractivity contribution in [3.8, 4) is 10.6 Å². The summed E-state index contributed by atoms with van der Waals surface area (Å²) in [5, 5.41) is 0.851. The van der Waals surface area contributed by atoms with Gasteiger partial charge in [-0.25, -0.2) is 4.98 Å². The fourth-order valence-corrected chi connectivity index (χ4v) is 2.60. The van der Waals surface area contributed by atoms with Gasteiger partial charge in [-0.1, -0.05) is 18.2 Å². The Balaban J connectivity index is 2.54. The van der Waals surface area contributed by atoms with Crippen LogP contribution in [0.4, 0.5) is 0 Å². The number of aromatic nitrogens is 1. The predicted molar refractivity (Wildman–Crippen MR) is 65.5 cm³/mol. The van der Waals surface area contributed by atoms with Gasteiger partial charge in [0.05, 0.1) is 6.20 Å². The number of nitrogens with two attached hydrogens (primary N) is 1. The second-order valence-electron chi connectivity index (χ2n) is 3.66. The molecule has 0 saturated carbocycles. The van der Waals surface area contributed by atoms with Gasteiger partial charge in [-0.15, -0.1) is 11.3 Å². The van der Waals surface area contributed by atoms with Crippen LogP contribution in [0.25, 0.3) is 10.6 Å². The van der Waals surface area contributed by atoms with Crippen molar-refractivity contribution in [3.63, 3.8) is 0 Å². The Morgan fingerprint density at radius 2 is 1.94 bits per heavy atom. The van der Waals surface area contributed by atoms with E-state index in [4.69, 9.17) is 5.73 Å². The van der Waals surface area contributed by atoms with Crippen molar-refractivity contribution in [1.82, 2.24) is 4.98 Å². The Morgan fingerprint density at radius 3 is 2.44 bits per heavy atom. The molecule has 0 spiro atoms. The average molecular weight is 232 g/mol. The first kappa shape index (κ1) is 10.8. The van der Waals surface area contributed by atoms with Crippen molar-refractivity contribution < 1.29 is 4.79 Å². The first-order chi connectivity index (χ1) is 7.59. The zero-order valence-electron chi connectivity index (χ0n) is 9.15. The van der Waals surface area contributed by atoms with Gasteiger partial charge < -0.3 is 5.73 Å². The molecule has 1 amide bonds. The monoisotopic (exact) mass is 232 g/mol. The summed E-state index contributed by atoms with van der Waals surface area (Å²) < 4.78 is 0. The summed E-state index contributed by atoms with van der Waals surface area (Å²) in [5.41, 5.74) is 8.63. The van der Waals surface area contributed by atoms with Crippen molar-refractivity contribution in [2.24, 2.45) is 5.73 Å². The van der Waals surface area contributed by atoms with E-state index in [0.29, 0.717) is 4.88 Å². The molecule has 1 aromatic heterocycles. The lowest BCUT2D eigenvalue weighted by Gasteiger charge is -2.05. The number of aryl methyl sites for hydroxylation is 2. The lowest BCUT2D eigenvalue weighted by molar-refractivity contribution is 0.100. The summed E-state index contributed by atoms with van der Waals surface area (Å²) in [5.74, 6) is -0.421. The van der Waals surface area contributed by atoms with Gasteiger partial charge in [0.25, 0.3) is 5.91 Å². The van der Waals surface area contributed by atoms with E-state index < -0.39 is 5.91 Å². The molecule has 3 nitrogen and oxygen atoms in total. The van der Waals surface area contributed by atoms with Crippen LogP contribution in [0.1, 0.15) is 20.8 Å². The number of rotatable bonds is 2. The summed E-state index contributed by atoms with van der Waals surface area (Å²) >= 11 is 1.34. The number of primary amides is 1. The second-order valence-corrected chi connectivity index (χ2v) is 4.69. The molecule has 2 aromatic rings. The normalized spacial score (nSPS) is 10.4. The Bertz CT molecular complexity index is 525. The molecule has 0 saturated heterocycles. The fraction of sp³-hybridized carbons (Fsp3) is 0.167. The van der Waals surface area contributed by atoms with E-state index in [1.807, 2.05) is 32.0 Å². The summed E-state index contributed by atoms with van der Waals surface area (Å²) in [6.45, 7) is 4.07. The van der Waals surface area contributed by atoms with Crippen LogP contribution in [-0.2, 0) is 0 Å². The van der Waals surface area contributed by atoms with Crippen LogP contribution in [-0.4, -0.2) is 10.9 Å². The zero-order valence-corrected chi connectivity index (χ0v) is 9.97. The molecule has 4 heteroatoms. The van der Waals surface area contributed by atoms with Crippen molar-refractivity contribution in [2.75, 3.05) is 0 Å².